The topological polar surface area (TPSA) is 207 Å². The number of carbonyl (C=O) groups is 4. The average molecular weight is 454 g/mol. The quantitative estimate of drug-likeness (QED) is 0.114. The first-order chi connectivity index (χ1) is 15.7. The molecule has 1 aliphatic carbocycles. The number of amides is 6. The van der Waals surface area contributed by atoms with Crippen molar-refractivity contribution in [3.8, 4) is 0 Å². The van der Waals surface area contributed by atoms with E-state index < -0.39 is 29.5 Å². The number of nitrogens with zero attached hydrogens (tertiary/aromatic N) is 3. The maximum Gasteiger partial charge on any atom is 0.326 e. The lowest BCUT2D eigenvalue weighted by Gasteiger charge is -2.45. The molecule has 2 saturated heterocycles. The third-order valence-electron chi connectivity index (χ3n) is 5.16. The van der Waals surface area contributed by atoms with Crippen LogP contribution in [0.5, 0.6) is 0 Å². The molecule has 33 heavy (non-hydrogen) atoms. The molecule has 0 atom stereocenters. The van der Waals surface area contributed by atoms with Crippen molar-refractivity contribution in [3.05, 3.63) is 59.7 Å². The van der Waals surface area contributed by atoms with E-state index >= 15 is 0 Å². The molecule has 172 valence electrons. The predicted molar refractivity (Wildman–Crippen MR) is 116 cm³/mol. The summed E-state index contributed by atoms with van der Waals surface area (Å²) in [6.07, 6.45) is 4.70. The van der Waals surface area contributed by atoms with Crippen LogP contribution in [-0.4, -0.2) is 69.3 Å². The summed E-state index contributed by atoms with van der Waals surface area (Å²) in [6.45, 7) is -0.515. The Morgan fingerprint density at radius 2 is 1.55 bits per heavy atom. The van der Waals surface area contributed by atoms with Crippen LogP contribution in [0, 0.1) is 5.41 Å². The van der Waals surface area contributed by atoms with Gasteiger partial charge in [-0.3, -0.25) is 35.4 Å². The van der Waals surface area contributed by atoms with Crippen molar-refractivity contribution in [1.29, 1.82) is 5.41 Å². The number of imide groups is 2. The number of nitrogens with one attached hydrogen (secondary N) is 3. The Bertz CT molecular complexity index is 1060. The number of allylic oxidation sites excluding steroid dienone is 2. The third-order valence-corrected chi connectivity index (χ3v) is 5.16. The summed E-state index contributed by atoms with van der Waals surface area (Å²) < 4.78 is 0. The van der Waals surface area contributed by atoms with Gasteiger partial charge in [-0.1, -0.05) is 47.6 Å². The minimum absolute atomic E-state index is 0.0141. The van der Waals surface area contributed by atoms with Crippen molar-refractivity contribution in [2.75, 3.05) is 13.1 Å². The third kappa shape index (κ3) is 4.66. The largest absolute Gasteiger partial charge is 0.409 e. The van der Waals surface area contributed by atoms with Crippen LogP contribution in [0.15, 0.2) is 59.3 Å². The monoisotopic (exact) mass is 454 g/mol. The number of carbonyl (C=O) groups excluding carboxylic acids is 4. The predicted octanol–water partition coefficient (Wildman–Crippen LogP) is -0.610. The highest BCUT2D eigenvalue weighted by Crippen LogP contribution is 2.35. The molecule has 0 spiro atoms. The lowest BCUT2D eigenvalue weighted by Crippen LogP contribution is -2.62. The van der Waals surface area contributed by atoms with Crippen LogP contribution < -0.4 is 22.1 Å². The van der Waals surface area contributed by atoms with Crippen molar-refractivity contribution in [3.63, 3.8) is 0 Å². The van der Waals surface area contributed by atoms with E-state index in [0.717, 1.165) is 5.56 Å². The molecular formula is C20H22N8O5. The Balaban J connectivity index is 0.000000257. The van der Waals surface area contributed by atoms with Crippen molar-refractivity contribution in [1.82, 2.24) is 20.4 Å². The highest BCUT2D eigenvalue weighted by Gasteiger charge is 2.52. The van der Waals surface area contributed by atoms with E-state index in [1.807, 2.05) is 18.2 Å². The van der Waals surface area contributed by atoms with E-state index in [-0.39, 0.29) is 31.2 Å². The van der Waals surface area contributed by atoms with E-state index in [2.05, 4.69) is 15.8 Å². The van der Waals surface area contributed by atoms with Crippen molar-refractivity contribution < 1.29 is 24.4 Å². The summed E-state index contributed by atoms with van der Waals surface area (Å²) in [5.41, 5.74) is 10.6. The molecule has 0 aromatic heterocycles. The molecule has 0 bridgehead atoms. The minimum atomic E-state index is -1.37. The summed E-state index contributed by atoms with van der Waals surface area (Å²) in [7, 11) is 0. The van der Waals surface area contributed by atoms with E-state index in [0.29, 0.717) is 5.57 Å². The van der Waals surface area contributed by atoms with Gasteiger partial charge in [0.15, 0.2) is 5.84 Å². The van der Waals surface area contributed by atoms with Crippen LogP contribution >= 0.6 is 0 Å². The Morgan fingerprint density at radius 1 is 1.00 bits per heavy atom. The van der Waals surface area contributed by atoms with Gasteiger partial charge in [0.2, 0.25) is 11.8 Å². The van der Waals surface area contributed by atoms with Crippen LogP contribution in [0.1, 0.15) is 12.0 Å². The summed E-state index contributed by atoms with van der Waals surface area (Å²) in [4.78, 5) is 49.7. The van der Waals surface area contributed by atoms with Gasteiger partial charge < -0.3 is 16.7 Å². The fraction of sp³-hybridized carbons (Fsp3) is 0.200. The van der Waals surface area contributed by atoms with Gasteiger partial charge in [-0.25, -0.2) is 9.59 Å². The van der Waals surface area contributed by atoms with E-state index in [1.165, 1.54) is 9.80 Å². The molecule has 4 rings (SSSR count). The maximum atomic E-state index is 12.1. The summed E-state index contributed by atoms with van der Waals surface area (Å²) in [5, 5.41) is 23.0. The Hall–Kier alpha value is -4.68. The van der Waals surface area contributed by atoms with E-state index in [4.69, 9.17) is 22.1 Å². The second-order valence-corrected chi connectivity index (χ2v) is 7.25. The first-order valence-electron chi connectivity index (χ1n) is 9.66. The lowest BCUT2D eigenvalue weighted by atomic mass is 9.90. The number of hydrogen-bond donors (Lipinski definition) is 6. The number of urea groups is 2. The molecule has 2 fully saturated rings. The van der Waals surface area contributed by atoms with Gasteiger partial charge in [0.05, 0.1) is 0 Å². The molecule has 2 heterocycles. The number of oxime groups is 1. The second-order valence-electron chi connectivity index (χ2n) is 7.25. The van der Waals surface area contributed by atoms with Crippen LogP contribution in [0.3, 0.4) is 0 Å². The van der Waals surface area contributed by atoms with Crippen molar-refractivity contribution in [2.45, 2.75) is 12.1 Å². The van der Waals surface area contributed by atoms with Gasteiger partial charge in [-0.2, -0.15) is 0 Å². The van der Waals surface area contributed by atoms with Gasteiger partial charge in [-0.15, -0.1) is 0 Å². The fourth-order valence-electron chi connectivity index (χ4n) is 3.59. The van der Waals surface area contributed by atoms with Gasteiger partial charge in [-0.05, 0) is 11.6 Å². The molecule has 0 saturated carbocycles. The van der Waals surface area contributed by atoms with Gasteiger partial charge in [0, 0.05) is 12.0 Å². The molecule has 8 N–H and O–H groups in total. The van der Waals surface area contributed by atoms with E-state index in [9.17, 15) is 19.2 Å². The molecule has 3 aliphatic rings. The van der Waals surface area contributed by atoms with E-state index in [1.54, 1.807) is 30.4 Å². The first kappa shape index (κ1) is 23.0. The van der Waals surface area contributed by atoms with Gasteiger partial charge in [0.25, 0.3) is 0 Å². The number of hydrogen-bond acceptors (Lipinski definition) is 7. The van der Waals surface area contributed by atoms with Crippen molar-refractivity contribution >= 4 is 35.5 Å². The normalized spacial score (nSPS) is 19.5. The SMILES string of the molecule is N=C(N)C1=CC=CC(N2CC(=O)NC2=O)(N2CC(=O)NC2=O)C1.NC(=NO)c1ccccc1. The smallest absolute Gasteiger partial charge is 0.326 e. The van der Waals surface area contributed by atoms with Gasteiger partial charge >= 0.3 is 12.1 Å². The molecule has 13 nitrogen and oxygen atoms in total. The second kappa shape index (κ2) is 9.21. The highest BCUT2D eigenvalue weighted by atomic mass is 16.4. The Labute approximate surface area is 187 Å². The van der Waals surface area contributed by atoms with Gasteiger partial charge in [0.1, 0.15) is 24.6 Å². The Kier molecular flexibility index (Phi) is 6.42. The zero-order valence-corrected chi connectivity index (χ0v) is 17.3. The minimum Gasteiger partial charge on any atom is -0.409 e. The summed E-state index contributed by atoms with van der Waals surface area (Å²) in [6, 6.07) is 7.73. The number of benzene rings is 1. The average Bonchev–Trinajstić information content (AvgIpc) is 3.34. The molecule has 1 aromatic rings. The summed E-state index contributed by atoms with van der Waals surface area (Å²) in [5.74, 6) is -1.09. The van der Waals surface area contributed by atoms with Crippen LogP contribution in [0.25, 0.3) is 0 Å². The molecule has 6 amide bonds. The number of nitrogens with two attached hydrogens (primary N) is 2. The standard InChI is InChI=1S/C13H14N6O4.C7H8N2O/c14-10(15)7-2-1-3-13(4-7,18-5-8(20)16-11(18)22)19-6-9(21)17-12(19)23;8-7(9-10)6-4-2-1-3-5-6/h1-3H,4-6H2,(H3,14,15)(H,16,20,22)(H,17,21,23);1-5,10H,(H2,8,9). The maximum absolute atomic E-state index is 12.1. The van der Waals surface area contributed by atoms with Crippen LogP contribution in [0.4, 0.5) is 9.59 Å². The molecule has 2 aliphatic heterocycles. The van der Waals surface area contributed by atoms with Crippen LogP contribution in [0.2, 0.25) is 0 Å². The zero-order chi connectivity index (χ0) is 24.2. The molecular weight excluding hydrogens is 432 g/mol. The molecule has 1 aromatic carbocycles. The highest BCUT2D eigenvalue weighted by molar-refractivity contribution is 6.05. The number of amidine groups is 2. The number of rotatable bonds is 4. The molecule has 0 radical (unpaired) electrons. The first-order valence-corrected chi connectivity index (χ1v) is 9.66. The van der Waals surface area contributed by atoms with Crippen LogP contribution in [-0.2, 0) is 9.59 Å². The summed E-state index contributed by atoms with van der Waals surface area (Å²) >= 11 is 0. The molecule has 13 heteroatoms. The fourth-order valence-corrected chi connectivity index (χ4v) is 3.59. The van der Waals surface area contributed by atoms with Crippen molar-refractivity contribution in [2.24, 2.45) is 16.6 Å². The lowest BCUT2D eigenvalue weighted by molar-refractivity contribution is -0.119. The Morgan fingerprint density at radius 3 is 1.97 bits per heavy atom. The zero-order valence-electron chi connectivity index (χ0n) is 17.3. The molecule has 0 unspecified atom stereocenters.